The molecule has 1 atom stereocenters. The second-order valence-corrected chi connectivity index (χ2v) is 7.94. The van der Waals surface area contributed by atoms with Crippen molar-refractivity contribution in [3.63, 3.8) is 0 Å². The van der Waals surface area contributed by atoms with Crippen LogP contribution in [0.1, 0.15) is 48.9 Å². The molecule has 0 aromatic heterocycles. The zero-order chi connectivity index (χ0) is 21.3. The molecule has 156 valence electrons. The molecule has 1 aliphatic carbocycles. The number of urea groups is 1. The second kappa shape index (κ2) is 7.94. The topological polar surface area (TPSA) is 78.5 Å². The lowest BCUT2D eigenvalue weighted by molar-refractivity contribution is -0.134. The van der Waals surface area contributed by atoms with E-state index in [1.165, 1.54) is 0 Å². The second-order valence-electron chi connectivity index (χ2n) is 7.94. The van der Waals surface area contributed by atoms with Gasteiger partial charge in [0.1, 0.15) is 12.1 Å². The molecule has 2 aromatic carbocycles. The molecular weight excluding hydrogens is 378 g/mol. The average Bonchev–Trinajstić information content (AvgIpc) is 2.99. The van der Waals surface area contributed by atoms with Crippen LogP contribution in [-0.2, 0) is 34.4 Å². The third-order valence-corrected chi connectivity index (χ3v) is 6.22. The number of imide groups is 1. The van der Waals surface area contributed by atoms with Crippen LogP contribution < -0.4 is 10.6 Å². The maximum Gasteiger partial charge on any atom is 0.325 e. The summed E-state index contributed by atoms with van der Waals surface area (Å²) in [5.74, 6) is -0.704. The summed E-state index contributed by atoms with van der Waals surface area (Å²) in [4.78, 5) is 39.9. The molecule has 2 N–H and O–H groups in total. The first-order chi connectivity index (χ1) is 14.5. The minimum absolute atomic E-state index is 0.296. The number of benzene rings is 2. The number of hydrogen-bond donors (Lipinski definition) is 2. The Labute approximate surface area is 176 Å². The highest BCUT2D eigenvalue weighted by Crippen LogP contribution is 2.39. The van der Waals surface area contributed by atoms with Crippen LogP contribution in [-0.4, -0.2) is 29.3 Å². The van der Waals surface area contributed by atoms with Crippen LogP contribution in [0.3, 0.4) is 0 Å². The molecule has 2 aromatic rings. The molecule has 6 nitrogen and oxygen atoms in total. The normalized spacial score (nSPS) is 20.3. The smallest absolute Gasteiger partial charge is 0.324 e. The quantitative estimate of drug-likeness (QED) is 0.747. The Morgan fingerprint density at radius 2 is 1.77 bits per heavy atom. The van der Waals surface area contributed by atoms with Gasteiger partial charge in [0.15, 0.2) is 0 Å². The van der Waals surface area contributed by atoms with E-state index in [0.717, 1.165) is 58.5 Å². The lowest BCUT2D eigenvalue weighted by atomic mass is 9.76. The number of nitrogens with one attached hydrogen (secondary N) is 2. The molecule has 0 saturated carbocycles. The number of amides is 4. The molecule has 1 fully saturated rings. The highest BCUT2D eigenvalue weighted by molar-refractivity contribution is 6.10. The van der Waals surface area contributed by atoms with Crippen LogP contribution in [0, 0.1) is 0 Å². The van der Waals surface area contributed by atoms with Gasteiger partial charge in [-0.15, -0.1) is 0 Å². The van der Waals surface area contributed by atoms with E-state index in [9.17, 15) is 14.4 Å². The minimum atomic E-state index is -1.05. The molecule has 2 aliphatic rings. The van der Waals surface area contributed by atoms with Gasteiger partial charge in [0.25, 0.3) is 5.91 Å². The van der Waals surface area contributed by atoms with Crippen LogP contribution in [0.15, 0.2) is 42.5 Å². The summed E-state index contributed by atoms with van der Waals surface area (Å²) in [5, 5.41) is 5.84. The first-order valence-corrected chi connectivity index (χ1v) is 10.6. The van der Waals surface area contributed by atoms with Gasteiger partial charge < -0.3 is 10.6 Å². The van der Waals surface area contributed by atoms with Gasteiger partial charge in [-0.2, -0.15) is 0 Å². The maximum absolute atomic E-state index is 13.4. The van der Waals surface area contributed by atoms with Gasteiger partial charge in [-0.1, -0.05) is 56.3 Å². The third kappa shape index (κ3) is 3.26. The van der Waals surface area contributed by atoms with Crippen LogP contribution in [0.4, 0.5) is 10.5 Å². The van der Waals surface area contributed by atoms with E-state index in [2.05, 4.69) is 10.6 Å². The molecule has 6 heteroatoms. The Bertz CT molecular complexity index is 994. The van der Waals surface area contributed by atoms with Crippen molar-refractivity contribution < 1.29 is 14.4 Å². The highest BCUT2D eigenvalue weighted by atomic mass is 16.2. The summed E-state index contributed by atoms with van der Waals surface area (Å²) in [6, 6.07) is 13.2. The van der Waals surface area contributed by atoms with Crippen LogP contribution in [0.2, 0.25) is 0 Å². The van der Waals surface area contributed by atoms with Crippen molar-refractivity contribution in [2.75, 3.05) is 11.9 Å². The molecule has 30 heavy (non-hydrogen) atoms. The van der Waals surface area contributed by atoms with Gasteiger partial charge in [0.05, 0.1) is 0 Å². The molecule has 1 heterocycles. The van der Waals surface area contributed by atoms with Crippen molar-refractivity contribution in [2.45, 2.75) is 51.5 Å². The number of rotatable bonds is 5. The molecule has 1 spiro atoms. The van der Waals surface area contributed by atoms with E-state index in [-0.39, 0.29) is 18.4 Å². The summed E-state index contributed by atoms with van der Waals surface area (Å²) < 4.78 is 0. The Morgan fingerprint density at radius 1 is 1.07 bits per heavy atom. The number of hydrogen-bond acceptors (Lipinski definition) is 3. The van der Waals surface area contributed by atoms with Crippen molar-refractivity contribution in [1.82, 2.24) is 10.2 Å². The summed E-state index contributed by atoms with van der Waals surface area (Å²) in [5.41, 5.74) is 3.74. The van der Waals surface area contributed by atoms with E-state index in [0.29, 0.717) is 6.42 Å². The van der Waals surface area contributed by atoms with E-state index >= 15 is 0 Å². The lowest BCUT2D eigenvalue weighted by Crippen LogP contribution is -2.47. The number of para-hydroxylation sites is 1. The highest BCUT2D eigenvalue weighted by Gasteiger charge is 2.54. The van der Waals surface area contributed by atoms with Gasteiger partial charge in [0, 0.05) is 5.69 Å². The molecule has 4 amide bonds. The Balaban J connectivity index is 1.57. The van der Waals surface area contributed by atoms with Crippen molar-refractivity contribution in [1.29, 1.82) is 0 Å². The van der Waals surface area contributed by atoms with Crippen molar-refractivity contribution >= 4 is 23.5 Å². The molecule has 0 unspecified atom stereocenters. The largest absolute Gasteiger partial charge is 0.325 e. The average molecular weight is 405 g/mol. The molecule has 4 rings (SSSR count). The van der Waals surface area contributed by atoms with Crippen molar-refractivity contribution in [3.8, 4) is 0 Å². The van der Waals surface area contributed by atoms with Gasteiger partial charge in [-0.25, -0.2) is 4.79 Å². The van der Waals surface area contributed by atoms with E-state index in [4.69, 9.17) is 0 Å². The van der Waals surface area contributed by atoms with E-state index in [1.807, 2.05) is 56.3 Å². The fraction of sp³-hybridized carbons (Fsp3) is 0.375. The van der Waals surface area contributed by atoms with Gasteiger partial charge in [-0.3, -0.25) is 14.5 Å². The molecular formula is C24H27N3O3. The standard InChI is InChI=1S/C24H27N3O3/c1-3-16-10-7-11-17(4-2)21(16)25-20(28)15-27-22(29)24(26-23(27)30)14-8-12-18-9-5-6-13-19(18)24/h5-7,9-11,13H,3-4,8,12,14-15H2,1-2H3,(H,25,28)(H,26,30)/t24-/m1/s1. The summed E-state index contributed by atoms with van der Waals surface area (Å²) in [7, 11) is 0. The Kier molecular flexibility index (Phi) is 5.33. The minimum Gasteiger partial charge on any atom is -0.324 e. The fourth-order valence-electron chi connectivity index (χ4n) is 4.68. The Hall–Kier alpha value is -3.15. The monoisotopic (exact) mass is 405 g/mol. The summed E-state index contributed by atoms with van der Waals surface area (Å²) in [6.45, 7) is 3.77. The SMILES string of the molecule is CCc1cccc(CC)c1NC(=O)CN1C(=O)N[C@@]2(CCCc3ccccc32)C1=O. The van der Waals surface area contributed by atoms with Crippen LogP contribution in [0.5, 0.6) is 0 Å². The predicted octanol–water partition coefficient (Wildman–Crippen LogP) is 3.53. The number of carbonyl (C=O) groups is 3. The zero-order valence-electron chi connectivity index (χ0n) is 17.5. The van der Waals surface area contributed by atoms with E-state index in [1.54, 1.807) is 0 Å². The van der Waals surface area contributed by atoms with E-state index < -0.39 is 11.6 Å². The lowest BCUT2D eigenvalue weighted by Gasteiger charge is -2.33. The first-order valence-electron chi connectivity index (χ1n) is 10.6. The van der Waals surface area contributed by atoms with Gasteiger partial charge in [0.2, 0.25) is 5.91 Å². The predicted molar refractivity (Wildman–Crippen MR) is 115 cm³/mol. The number of fused-ring (bicyclic) bond motifs is 2. The molecule has 1 aliphatic heterocycles. The van der Waals surface area contributed by atoms with Crippen molar-refractivity contribution in [2.24, 2.45) is 0 Å². The first kappa shape index (κ1) is 20.1. The fourth-order valence-corrected chi connectivity index (χ4v) is 4.68. The van der Waals surface area contributed by atoms with Crippen molar-refractivity contribution in [3.05, 3.63) is 64.7 Å². The summed E-state index contributed by atoms with van der Waals surface area (Å²) >= 11 is 0. The number of carbonyl (C=O) groups excluding carboxylic acids is 3. The molecule has 1 saturated heterocycles. The number of nitrogens with zero attached hydrogens (tertiary/aromatic N) is 1. The third-order valence-electron chi connectivity index (χ3n) is 6.22. The maximum atomic E-state index is 13.4. The van der Waals surface area contributed by atoms with Gasteiger partial charge in [-0.05, 0) is 54.4 Å². The number of anilines is 1. The zero-order valence-corrected chi connectivity index (χ0v) is 17.5. The molecule has 0 bridgehead atoms. The number of aryl methyl sites for hydroxylation is 3. The summed E-state index contributed by atoms with van der Waals surface area (Å²) in [6.07, 6.45) is 3.81. The molecule has 0 radical (unpaired) electrons. The Morgan fingerprint density at radius 3 is 2.47 bits per heavy atom. The van der Waals surface area contributed by atoms with Gasteiger partial charge >= 0.3 is 6.03 Å². The van der Waals surface area contributed by atoms with Crippen LogP contribution in [0.25, 0.3) is 0 Å². The van der Waals surface area contributed by atoms with Crippen LogP contribution >= 0.6 is 0 Å².